The van der Waals surface area contributed by atoms with Crippen LogP contribution in [0.4, 0.5) is 10.1 Å². The molecule has 0 aliphatic heterocycles. The molecule has 1 rings (SSSR count). The summed E-state index contributed by atoms with van der Waals surface area (Å²) in [6.07, 6.45) is 0. The summed E-state index contributed by atoms with van der Waals surface area (Å²) < 4.78 is 18.3. The van der Waals surface area contributed by atoms with Crippen LogP contribution in [0, 0.1) is 18.7 Å². The van der Waals surface area contributed by atoms with Crippen LogP contribution in [0.15, 0.2) is 18.2 Å². The second-order valence-corrected chi connectivity index (χ2v) is 4.02. The van der Waals surface area contributed by atoms with Gasteiger partial charge in [0.25, 0.3) is 0 Å². The zero-order valence-corrected chi connectivity index (χ0v) is 10.4. The quantitative estimate of drug-likeness (QED) is 0.803. The van der Waals surface area contributed by atoms with E-state index >= 15 is 0 Å². The maximum atomic E-state index is 13.5. The fourth-order valence-electron chi connectivity index (χ4n) is 1.39. The van der Waals surface area contributed by atoms with Gasteiger partial charge in [0.15, 0.2) is 0 Å². The molecule has 0 amide bonds. The molecule has 0 heterocycles. The summed E-state index contributed by atoms with van der Waals surface area (Å²) in [5.74, 6) is -0.871. The fraction of sp³-hybridized carbons (Fsp3) is 0.462. The maximum absolute atomic E-state index is 13.5. The Balaban J connectivity index is 2.52. The van der Waals surface area contributed by atoms with Crippen molar-refractivity contribution in [1.29, 1.82) is 0 Å². The van der Waals surface area contributed by atoms with Crippen molar-refractivity contribution in [1.82, 2.24) is 0 Å². The highest BCUT2D eigenvalue weighted by atomic mass is 19.1. The molecule has 0 fully saturated rings. The van der Waals surface area contributed by atoms with Crippen molar-refractivity contribution in [3.63, 3.8) is 0 Å². The van der Waals surface area contributed by atoms with Gasteiger partial charge in [0.05, 0.1) is 18.2 Å². The Morgan fingerprint density at radius 2 is 2.24 bits per heavy atom. The predicted octanol–water partition coefficient (Wildman–Crippen LogP) is 2.75. The van der Waals surface area contributed by atoms with E-state index in [0.29, 0.717) is 18.8 Å². The number of ether oxygens (including phenoxy) is 1. The lowest BCUT2D eigenvalue weighted by Crippen LogP contribution is -2.22. The Morgan fingerprint density at radius 1 is 1.53 bits per heavy atom. The largest absolute Gasteiger partial charge is 0.466 e. The Hall–Kier alpha value is -1.58. The molecule has 1 unspecified atom stereocenters. The van der Waals surface area contributed by atoms with Crippen molar-refractivity contribution >= 4 is 11.7 Å². The average molecular weight is 239 g/mol. The third-order valence-corrected chi connectivity index (χ3v) is 2.41. The lowest BCUT2D eigenvalue weighted by atomic mass is 10.1. The van der Waals surface area contributed by atoms with Gasteiger partial charge in [-0.05, 0) is 31.5 Å². The van der Waals surface area contributed by atoms with Crippen LogP contribution in [0.3, 0.4) is 0 Å². The normalized spacial score (nSPS) is 12.0. The van der Waals surface area contributed by atoms with E-state index in [0.717, 1.165) is 5.56 Å². The lowest BCUT2D eigenvalue weighted by Gasteiger charge is -2.13. The summed E-state index contributed by atoms with van der Waals surface area (Å²) in [5, 5.41) is 2.90. The summed E-state index contributed by atoms with van der Waals surface area (Å²) >= 11 is 0. The van der Waals surface area contributed by atoms with Gasteiger partial charge in [0.2, 0.25) is 0 Å². The van der Waals surface area contributed by atoms with E-state index in [1.807, 2.05) is 13.0 Å². The highest BCUT2D eigenvalue weighted by Gasteiger charge is 2.14. The van der Waals surface area contributed by atoms with Crippen LogP contribution >= 0.6 is 0 Å². The zero-order valence-electron chi connectivity index (χ0n) is 10.4. The Labute approximate surface area is 101 Å². The van der Waals surface area contributed by atoms with Gasteiger partial charge in [-0.1, -0.05) is 13.0 Å². The first-order chi connectivity index (χ1) is 8.04. The minimum absolute atomic E-state index is 0.271. The maximum Gasteiger partial charge on any atom is 0.310 e. The molecule has 3 nitrogen and oxygen atoms in total. The molecular formula is C13H18FNO2. The van der Waals surface area contributed by atoms with Crippen LogP contribution in [-0.2, 0) is 9.53 Å². The number of rotatable bonds is 5. The first-order valence-electron chi connectivity index (χ1n) is 5.71. The molecule has 1 aromatic carbocycles. The number of nitrogens with one attached hydrogen (secondary N) is 1. The van der Waals surface area contributed by atoms with E-state index in [2.05, 4.69) is 5.32 Å². The number of aryl methyl sites for hydroxylation is 1. The standard InChI is InChI=1S/C13H18FNO2/c1-4-17-13(16)10(3)8-15-12-6-5-9(2)7-11(12)14/h5-7,10,15H,4,8H2,1-3H3. The second kappa shape index (κ2) is 6.23. The molecule has 0 spiro atoms. The third-order valence-electron chi connectivity index (χ3n) is 2.41. The molecule has 0 aliphatic carbocycles. The van der Waals surface area contributed by atoms with Crippen molar-refractivity contribution in [2.75, 3.05) is 18.5 Å². The number of carbonyl (C=O) groups excluding carboxylic acids is 1. The highest BCUT2D eigenvalue weighted by molar-refractivity contribution is 5.72. The first-order valence-corrected chi connectivity index (χ1v) is 5.71. The van der Waals surface area contributed by atoms with Gasteiger partial charge < -0.3 is 10.1 Å². The molecule has 94 valence electrons. The highest BCUT2D eigenvalue weighted by Crippen LogP contribution is 2.15. The average Bonchev–Trinajstić information content (AvgIpc) is 2.27. The van der Waals surface area contributed by atoms with Crippen molar-refractivity contribution in [2.45, 2.75) is 20.8 Å². The van der Waals surface area contributed by atoms with Crippen molar-refractivity contribution < 1.29 is 13.9 Å². The number of esters is 1. The van der Waals surface area contributed by atoms with Crippen LogP contribution in [0.5, 0.6) is 0 Å². The molecule has 0 radical (unpaired) electrons. The summed E-state index contributed by atoms with van der Waals surface area (Å²) in [6, 6.07) is 4.94. The van der Waals surface area contributed by atoms with Crippen molar-refractivity contribution in [2.24, 2.45) is 5.92 Å². The molecule has 0 saturated heterocycles. The van der Waals surface area contributed by atoms with E-state index in [9.17, 15) is 9.18 Å². The summed E-state index contributed by atoms with van der Waals surface area (Å²) in [7, 11) is 0. The molecular weight excluding hydrogens is 221 g/mol. The van der Waals surface area contributed by atoms with E-state index < -0.39 is 0 Å². The number of carbonyl (C=O) groups is 1. The topological polar surface area (TPSA) is 38.3 Å². The fourth-order valence-corrected chi connectivity index (χ4v) is 1.39. The van der Waals surface area contributed by atoms with Gasteiger partial charge in [0, 0.05) is 6.54 Å². The van der Waals surface area contributed by atoms with Gasteiger partial charge in [-0.2, -0.15) is 0 Å². The number of hydrogen-bond acceptors (Lipinski definition) is 3. The lowest BCUT2D eigenvalue weighted by molar-refractivity contribution is -0.146. The summed E-state index contributed by atoms with van der Waals surface area (Å²) in [4.78, 5) is 11.3. The van der Waals surface area contributed by atoms with Crippen LogP contribution in [0.1, 0.15) is 19.4 Å². The van der Waals surface area contributed by atoms with Gasteiger partial charge in [-0.15, -0.1) is 0 Å². The van der Waals surface area contributed by atoms with E-state index in [1.165, 1.54) is 6.07 Å². The Kier molecular flexibility index (Phi) is 4.94. The molecule has 17 heavy (non-hydrogen) atoms. The van der Waals surface area contributed by atoms with E-state index in [1.54, 1.807) is 19.9 Å². The number of hydrogen-bond donors (Lipinski definition) is 1. The Morgan fingerprint density at radius 3 is 2.82 bits per heavy atom. The van der Waals surface area contributed by atoms with Crippen LogP contribution in [-0.4, -0.2) is 19.1 Å². The SMILES string of the molecule is CCOC(=O)C(C)CNc1ccc(C)cc1F. The van der Waals surface area contributed by atoms with Crippen molar-refractivity contribution in [3.8, 4) is 0 Å². The van der Waals surface area contributed by atoms with Crippen molar-refractivity contribution in [3.05, 3.63) is 29.6 Å². The van der Waals surface area contributed by atoms with E-state index in [-0.39, 0.29) is 17.7 Å². The molecule has 4 heteroatoms. The van der Waals surface area contributed by atoms with Gasteiger partial charge in [0.1, 0.15) is 5.82 Å². The third kappa shape index (κ3) is 4.06. The van der Waals surface area contributed by atoms with Crippen LogP contribution in [0.2, 0.25) is 0 Å². The minimum atomic E-state index is -0.305. The van der Waals surface area contributed by atoms with Gasteiger partial charge in [-0.3, -0.25) is 4.79 Å². The monoisotopic (exact) mass is 239 g/mol. The number of halogens is 1. The van der Waals surface area contributed by atoms with Crippen LogP contribution < -0.4 is 5.32 Å². The molecule has 1 atom stereocenters. The molecule has 0 aliphatic rings. The minimum Gasteiger partial charge on any atom is -0.466 e. The van der Waals surface area contributed by atoms with E-state index in [4.69, 9.17) is 4.74 Å². The molecule has 1 aromatic rings. The second-order valence-electron chi connectivity index (χ2n) is 4.02. The number of benzene rings is 1. The van der Waals surface area contributed by atoms with Gasteiger partial charge >= 0.3 is 5.97 Å². The molecule has 0 aromatic heterocycles. The Bertz CT molecular complexity index is 393. The zero-order chi connectivity index (χ0) is 12.8. The smallest absolute Gasteiger partial charge is 0.310 e. The first kappa shape index (κ1) is 13.5. The molecule has 1 N–H and O–H groups in total. The van der Waals surface area contributed by atoms with Gasteiger partial charge in [-0.25, -0.2) is 4.39 Å². The summed E-state index contributed by atoms with van der Waals surface area (Å²) in [5.41, 5.74) is 1.28. The molecule has 0 bridgehead atoms. The predicted molar refractivity (Wildman–Crippen MR) is 65.4 cm³/mol. The number of anilines is 1. The van der Waals surface area contributed by atoms with Crippen LogP contribution in [0.25, 0.3) is 0 Å². The summed E-state index contributed by atoms with van der Waals surface area (Å²) in [6.45, 7) is 6.06. The molecule has 0 saturated carbocycles.